The molecule has 0 bridgehead atoms. The minimum Gasteiger partial charge on any atom is -0.478 e. The Labute approximate surface area is 176 Å². The zero-order valence-electron chi connectivity index (χ0n) is 17.4. The number of nitrogens with zero attached hydrogens (tertiary/aromatic N) is 3. The average Bonchev–Trinajstić information content (AvgIpc) is 2.75. The molecule has 0 radical (unpaired) electrons. The van der Waals surface area contributed by atoms with Crippen molar-refractivity contribution in [1.82, 2.24) is 20.2 Å². The van der Waals surface area contributed by atoms with Crippen LogP contribution in [0.1, 0.15) is 24.0 Å². The van der Waals surface area contributed by atoms with Gasteiger partial charge in [0.25, 0.3) is 5.88 Å². The van der Waals surface area contributed by atoms with Gasteiger partial charge in [0.2, 0.25) is 0 Å². The van der Waals surface area contributed by atoms with Gasteiger partial charge in [-0.3, -0.25) is 10.2 Å². The third kappa shape index (κ3) is 4.86. The van der Waals surface area contributed by atoms with E-state index in [1.165, 1.54) is 12.7 Å². The molecule has 7 heteroatoms. The van der Waals surface area contributed by atoms with Gasteiger partial charge in [0.1, 0.15) is 0 Å². The Kier molecular flexibility index (Phi) is 6.09. The molecule has 156 valence electrons. The summed E-state index contributed by atoms with van der Waals surface area (Å²) in [5.41, 5.74) is 3.85. The molecule has 0 saturated carbocycles. The van der Waals surface area contributed by atoms with E-state index in [4.69, 9.17) is 4.74 Å². The summed E-state index contributed by atoms with van der Waals surface area (Å²) >= 11 is 0. The molecule has 1 aromatic heterocycles. The van der Waals surface area contributed by atoms with E-state index < -0.39 is 0 Å². The van der Waals surface area contributed by atoms with E-state index in [9.17, 15) is 4.79 Å². The van der Waals surface area contributed by atoms with Gasteiger partial charge < -0.3 is 10.1 Å². The number of ether oxygens (including phenoxy) is 1. The van der Waals surface area contributed by atoms with Crippen LogP contribution in [0.25, 0.3) is 11.0 Å². The van der Waals surface area contributed by atoms with Gasteiger partial charge in [-0.15, -0.1) is 0 Å². The number of carbonyl (C=O) groups is 1. The van der Waals surface area contributed by atoms with E-state index in [1.54, 1.807) is 0 Å². The lowest BCUT2D eigenvalue weighted by Gasteiger charge is -2.32. The van der Waals surface area contributed by atoms with Crippen molar-refractivity contribution in [2.75, 3.05) is 25.5 Å². The maximum absolute atomic E-state index is 12.6. The van der Waals surface area contributed by atoms with Crippen molar-refractivity contribution in [3.05, 3.63) is 59.7 Å². The summed E-state index contributed by atoms with van der Waals surface area (Å²) < 4.78 is 5.32. The summed E-state index contributed by atoms with van der Waals surface area (Å²) in [6.07, 6.45) is 1.83. The number of benzene rings is 2. The number of piperidine rings is 1. The number of hydrogen-bond donors (Lipinski definition) is 2. The Morgan fingerprint density at radius 2 is 1.87 bits per heavy atom. The highest BCUT2D eigenvalue weighted by Crippen LogP contribution is 2.24. The predicted octanol–water partition coefficient (Wildman–Crippen LogP) is 3.73. The number of aryl methyl sites for hydroxylation is 1. The lowest BCUT2D eigenvalue weighted by molar-refractivity contribution is 0.190. The molecule has 0 aliphatic carbocycles. The molecule has 1 saturated heterocycles. The Morgan fingerprint density at radius 3 is 2.60 bits per heavy atom. The molecule has 2 heterocycles. The summed E-state index contributed by atoms with van der Waals surface area (Å²) in [5.74, 6) is 0.633. The largest absolute Gasteiger partial charge is 0.478 e. The SMILES string of the molecule is COc1nc2ccc(C)cc2nc1NC(=O)NC1CCN(Cc2ccccc2)CC1. The van der Waals surface area contributed by atoms with Gasteiger partial charge in [0.05, 0.1) is 18.1 Å². The Balaban J connectivity index is 1.34. The normalized spacial score (nSPS) is 15.1. The topological polar surface area (TPSA) is 79.4 Å². The standard InChI is InChI=1S/C23H27N5O2/c1-16-8-9-19-20(14-16)25-21(22(26-19)30-2)27-23(29)24-18-10-12-28(13-11-18)15-17-6-4-3-5-7-17/h3-9,14,18H,10-13,15H2,1-2H3,(H2,24,25,27,29). The minimum atomic E-state index is -0.281. The first-order chi connectivity index (χ1) is 14.6. The molecule has 0 unspecified atom stereocenters. The van der Waals surface area contributed by atoms with Gasteiger partial charge in [-0.05, 0) is 43.0 Å². The van der Waals surface area contributed by atoms with Crippen LogP contribution in [0.4, 0.5) is 10.6 Å². The molecule has 1 fully saturated rings. The molecule has 30 heavy (non-hydrogen) atoms. The minimum absolute atomic E-state index is 0.138. The number of methoxy groups -OCH3 is 1. The zero-order valence-corrected chi connectivity index (χ0v) is 17.4. The van der Waals surface area contributed by atoms with Gasteiger partial charge in [-0.1, -0.05) is 36.4 Å². The molecular weight excluding hydrogens is 378 g/mol. The Hall–Kier alpha value is -3.19. The summed E-state index contributed by atoms with van der Waals surface area (Å²) in [6.45, 7) is 4.86. The predicted molar refractivity (Wildman–Crippen MR) is 118 cm³/mol. The molecule has 3 aromatic rings. The van der Waals surface area contributed by atoms with Crippen LogP contribution in [-0.4, -0.2) is 47.1 Å². The summed E-state index contributed by atoms with van der Waals surface area (Å²) in [5, 5.41) is 5.87. The molecule has 2 aromatic carbocycles. The number of likely N-dealkylation sites (tertiary alicyclic amines) is 1. The molecule has 1 aliphatic rings. The molecule has 1 aliphatic heterocycles. The second-order valence-corrected chi connectivity index (χ2v) is 7.71. The quantitative estimate of drug-likeness (QED) is 0.676. The van der Waals surface area contributed by atoms with Crippen LogP contribution in [0.5, 0.6) is 5.88 Å². The molecule has 2 N–H and O–H groups in total. The summed E-state index contributed by atoms with van der Waals surface area (Å²) in [4.78, 5) is 24.0. The van der Waals surface area contributed by atoms with Crippen molar-refractivity contribution in [1.29, 1.82) is 0 Å². The Morgan fingerprint density at radius 1 is 1.10 bits per heavy atom. The van der Waals surface area contributed by atoms with Gasteiger partial charge in [-0.2, -0.15) is 0 Å². The van der Waals surface area contributed by atoms with Crippen LogP contribution in [0.3, 0.4) is 0 Å². The average molecular weight is 406 g/mol. The fraction of sp³-hybridized carbons (Fsp3) is 0.348. The number of aromatic nitrogens is 2. The maximum atomic E-state index is 12.6. The maximum Gasteiger partial charge on any atom is 0.320 e. The van der Waals surface area contributed by atoms with Crippen molar-refractivity contribution >= 4 is 22.9 Å². The van der Waals surface area contributed by atoms with Crippen LogP contribution in [0.15, 0.2) is 48.5 Å². The first-order valence-electron chi connectivity index (χ1n) is 10.3. The number of anilines is 1. The van der Waals surface area contributed by atoms with Gasteiger partial charge in [-0.25, -0.2) is 14.8 Å². The van der Waals surface area contributed by atoms with Crippen LogP contribution < -0.4 is 15.4 Å². The molecule has 4 rings (SSSR count). The van der Waals surface area contributed by atoms with Crippen LogP contribution >= 0.6 is 0 Å². The van der Waals surface area contributed by atoms with E-state index in [2.05, 4.69) is 49.8 Å². The Bertz CT molecular complexity index is 1020. The number of amides is 2. The van der Waals surface area contributed by atoms with Crippen molar-refractivity contribution in [3.8, 4) is 5.88 Å². The zero-order chi connectivity index (χ0) is 20.9. The van der Waals surface area contributed by atoms with Crippen molar-refractivity contribution < 1.29 is 9.53 Å². The van der Waals surface area contributed by atoms with Crippen LogP contribution in [-0.2, 0) is 6.54 Å². The fourth-order valence-electron chi connectivity index (χ4n) is 3.78. The van der Waals surface area contributed by atoms with E-state index >= 15 is 0 Å². The number of hydrogen-bond acceptors (Lipinski definition) is 5. The summed E-state index contributed by atoms with van der Waals surface area (Å²) in [6, 6.07) is 16.1. The lowest BCUT2D eigenvalue weighted by Crippen LogP contribution is -2.45. The van der Waals surface area contributed by atoms with Crippen molar-refractivity contribution in [2.24, 2.45) is 0 Å². The first kappa shape index (κ1) is 20.1. The van der Waals surface area contributed by atoms with Gasteiger partial charge in [0, 0.05) is 25.7 Å². The number of fused-ring (bicyclic) bond motifs is 1. The number of rotatable bonds is 5. The van der Waals surface area contributed by atoms with Crippen LogP contribution in [0.2, 0.25) is 0 Å². The highest BCUT2D eigenvalue weighted by Gasteiger charge is 2.21. The molecule has 7 nitrogen and oxygen atoms in total. The first-order valence-corrected chi connectivity index (χ1v) is 10.3. The number of urea groups is 1. The molecular formula is C23H27N5O2. The highest BCUT2D eigenvalue weighted by molar-refractivity contribution is 5.91. The second-order valence-electron chi connectivity index (χ2n) is 7.71. The van der Waals surface area contributed by atoms with Crippen molar-refractivity contribution in [3.63, 3.8) is 0 Å². The van der Waals surface area contributed by atoms with E-state index in [0.717, 1.165) is 49.1 Å². The van der Waals surface area contributed by atoms with Gasteiger partial charge in [0.15, 0.2) is 5.82 Å². The van der Waals surface area contributed by atoms with E-state index in [1.807, 2.05) is 31.2 Å². The van der Waals surface area contributed by atoms with Crippen LogP contribution in [0, 0.1) is 6.92 Å². The number of nitrogens with one attached hydrogen (secondary N) is 2. The smallest absolute Gasteiger partial charge is 0.320 e. The lowest BCUT2D eigenvalue weighted by atomic mass is 10.0. The fourth-order valence-corrected chi connectivity index (χ4v) is 3.78. The molecule has 2 amide bonds. The second kappa shape index (κ2) is 9.09. The summed E-state index contributed by atoms with van der Waals surface area (Å²) in [7, 11) is 1.52. The van der Waals surface area contributed by atoms with Crippen molar-refractivity contribution in [2.45, 2.75) is 32.4 Å². The van der Waals surface area contributed by atoms with E-state index in [-0.39, 0.29) is 12.1 Å². The monoisotopic (exact) mass is 405 g/mol. The molecule has 0 spiro atoms. The third-order valence-electron chi connectivity index (χ3n) is 5.38. The van der Waals surface area contributed by atoms with Gasteiger partial charge >= 0.3 is 6.03 Å². The van der Waals surface area contributed by atoms with E-state index in [0.29, 0.717) is 11.7 Å². The molecule has 0 atom stereocenters. The third-order valence-corrected chi connectivity index (χ3v) is 5.38. The highest BCUT2D eigenvalue weighted by atomic mass is 16.5. The number of carbonyl (C=O) groups excluding carboxylic acids is 1.